The van der Waals surface area contributed by atoms with Crippen molar-refractivity contribution in [1.29, 1.82) is 0 Å². The van der Waals surface area contributed by atoms with Crippen molar-refractivity contribution in [2.45, 2.75) is 19.2 Å². The third-order valence-corrected chi connectivity index (χ3v) is 5.32. The Labute approximate surface area is 166 Å². The summed E-state index contributed by atoms with van der Waals surface area (Å²) in [6, 6.07) is 9.91. The Balaban J connectivity index is 0.00000288. The van der Waals surface area contributed by atoms with Gasteiger partial charge in [-0.15, -0.1) is 35.3 Å². The number of nitrogens with zero attached hydrogens (tertiary/aromatic N) is 2. The Morgan fingerprint density at radius 3 is 2.67 bits per heavy atom. The third kappa shape index (κ3) is 7.71. The van der Waals surface area contributed by atoms with E-state index in [0.29, 0.717) is 30.6 Å². The zero-order valence-electron chi connectivity index (χ0n) is 13.8. The zero-order chi connectivity index (χ0) is 16.5. The summed E-state index contributed by atoms with van der Waals surface area (Å²) < 4.78 is 12.1. The first kappa shape index (κ1) is 21.0. The molecule has 0 amide bonds. The van der Waals surface area contributed by atoms with Crippen LogP contribution in [0.5, 0.6) is 0 Å². The van der Waals surface area contributed by atoms with Crippen LogP contribution in [0.15, 0.2) is 41.5 Å². The number of rotatable bonds is 7. The molecule has 0 aliphatic rings. The molecule has 1 unspecified atom stereocenters. The van der Waals surface area contributed by atoms with Crippen LogP contribution in [0.1, 0.15) is 15.4 Å². The fraction of sp³-hybridized carbons (Fsp3) is 0.375. The highest BCUT2D eigenvalue weighted by molar-refractivity contribution is 14.0. The summed E-state index contributed by atoms with van der Waals surface area (Å²) in [6.45, 7) is 3.30. The number of aromatic nitrogens is 1. The molecule has 2 N–H and O–H groups in total. The maximum absolute atomic E-state index is 12.1. The summed E-state index contributed by atoms with van der Waals surface area (Å²) in [5, 5.41) is 7.42. The molecule has 2 aromatic rings. The molecule has 0 saturated carbocycles. The van der Waals surface area contributed by atoms with Crippen molar-refractivity contribution in [2.75, 3.05) is 19.3 Å². The molecule has 0 aliphatic heterocycles. The van der Waals surface area contributed by atoms with E-state index in [2.05, 4.69) is 20.6 Å². The Morgan fingerprint density at radius 1 is 1.29 bits per heavy atom. The quantitative estimate of drug-likeness (QED) is 0.365. The Hall–Kier alpha value is -1.00. The van der Waals surface area contributed by atoms with Crippen LogP contribution < -0.4 is 10.6 Å². The second kappa shape index (κ2) is 11.5. The van der Waals surface area contributed by atoms with Gasteiger partial charge in [0, 0.05) is 47.0 Å². The Kier molecular flexibility index (Phi) is 10.1. The molecule has 24 heavy (non-hydrogen) atoms. The monoisotopic (exact) mass is 478 g/mol. The van der Waals surface area contributed by atoms with Gasteiger partial charge in [0.25, 0.3) is 0 Å². The van der Waals surface area contributed by atoms with E-state index in [9.17, 15) is 4.21 Å². The summed E-state index contributed by atoms with van der Waals surface area (Å²) in [5.74, 6) is 1.88. The van der Waals surface area contributed by atoms with E-state index in [4.69, 9.17) is 0 Å². The molecule has 132 valence electrons. The highest BCUT2D eigenvalue weighted by Gasteiger charge is 2.04. The van der Waals surface area contributed by atoms with E-state index in [-0.39, 0.29) is 24.0 Å². The lowest BCUT2D eigenvalue weighted by Gasteiger charge is -2.10. The van der Waals surface area contributed by atoms with Gasteiger partial charge in [0.15, 0.2) is 5.96 Å². The van der Waals surface area contributed by atoms with Crippen molar-refractivity contribution < 1.29 is 4.21 Å². The average Bonchev–Trinajstić information content (AvgIpc) is 2.97. The molecule has 0 aliphatic carbocycles. The molecule has 0 bridgehead atoms. The van der Waals surface area contributed by atoms with Crippen LogP contribution in [0.25, 0.3) is 0 Å². The van der Waals surface area contributed by atoms with Crippen molar-refractivity contribution in [3.63, 3.8) is 0 Å². The minimum Gasteiger partial charge on any atom is -0.355 e. The maximum atomic E-state index is 12.1. The number of aliphatic imine (C=N–C) groups is 1. The molecule has 1 heterocycles. The molecule has 8 heteroatoms. The predicted octanol–water partition coefficient (Wildman–Crippen LogP) is 2.68. The standard InChI is InChI=1S/C16H22N4OS2.HI/c1-13-10-19-15(22-13)11-20-16(17-2)18-8-9-23(21)12-14-6-4-3-5-7-14;/h3-7,10H,8-9,11-12H2,1-2H3,(H2,17,18,20);1H. The van der Waals surface area contributed by atoms with Crippen molar-refractivity contribution in [2.24, 2.45) is 4.99 Å². The number of hydrogen-bond acceptors (Lipinski definition) is 4. The fourth-order valence-electron chi connectivity index (χ4n) is 1.98. The molecule has 0 radical (unpaired) electrons. The van der Waals surface area contributed by atoms with Gasteiger partial charge in [-0.05, 0) is 12.5 Å². The second-order valence-electron chi connectivity index (χ2n) is 4.99. The maximum Gasteiger partial charge on any atom is 0.191 e. The number of aryl methyl sites for hydroxylation is 1. The molecule has 1 atom stereocenters. The minimum atomic E-state index is -0.882. The highest BCUT2D eigenvalue weighted by atomic mass is 127. The first-order chi connectivity index (χ1) is 11.2. The van der Waals surface area contributed by atoms with Crippen molar-refractivity contribution in [1.82, 2.24) is 15.6 Å². The predicted molar refractivity (Wildman–Crippen MR) is 114 cm³/mol. The molecular formula is C16H23IN4OS2. The van der Waals surface area contributed by atoms with Crippen molar-refractivity contribution in [3.05, 3.63) is 52.0 Å². The SMILES string of the molecule is CN=C(NCCS(=O)Cc1ccccc1)NCc1ncc(C)s1.I. The van der Waals surface area contributed by atoms with Gasteiger partial charge >= 0.3 is 0 Å². The van der Waals surface area contributed by atoms with Gasteiger partial charge in [-0.25, -0.2) is 4.98 Å². The zero-order valence-corrected chi connectivity index (χ0v) is 17.8. The van der Waals surface area contributed by atoms with Crippen LogP contribution >= 0.6 is 35.3 Å². The van der Waals surface area contributed by atoms with Crippen LogP contribution in [-0.4, -0.2) is 34.5 Å². The van der Waals surface area contributed by atoms with Crippen molar-refractivity contribution >= 4 is 52.1 Å². The van der Waals surface area contributed by atoms with Crippen LogP contribution in [0.2, 0.25) is 0 Å². The van der Waals surface area contributed by atoms with E-state index in [1.165, 1.54) is 4.88 Å². The van der Waals surface area contributed by atoms with Gasteiger partial charge in [-0.1, -0.05) is 30.3 Å². The number of halogens is 1. The average molecular weight is 478 g/mol. The van der Waals surface area contributed by atoms with Crippen LogP contribution in [0, 0.1) is 6.92 Å². The van der Waals surface area contributed by atoms with Gasteiger partial charge in [-0.2, -0.15) is 0 Å². The molecule has 1 aromatic heterocycles. The van der Waals surface area contributed by atoms with E-state index >= 15 is 0 Å². The summed E-state index contributed by atoms with van der Waals surface area (Å²) in [4.78, 5) is 9.66. The van der Waals surface area contributed by atoms with Crippen LogP contribution in [0.4, 0.5) is 0 Å². The van der Waals surface area contributed by atoms with Gasteiger partial charge in [0.05, 0.1) is 6.54 Å². The van der Waals surface area contributed by atoms with Gasteiger partial charge < -0.3 is 10.6 Å². The lowest BCUT2D eigenvalue weighted by Crippen LogP contribution is -2.38. The van der Waals surface area contributed by atoms with Crippen molar-refractivity contribution in [3.8, 4) is 0 Å². The summed E-state index contributed by atoms with van der Waals surface area (Å²) in [5.41, 5.74) is 1.10. The lowest BCUT2D eigenvalue weighted by atomic mass is 10.2. The first-order valence-corrected chi connectivity index (χ1v) is 9.72. The molecule has 0 fully saturated rings. The van der Waals surface area contributed by atoms with Crippen LogP contribution in [0.3, 0.4) is 0 Å². The second-order valence-corrected chi connectivity index (χ2v) is 7.89. The summed E-state index contributed by atoms with van der Waals surface area (Å²) in [6.07, 6.45) is 1.87. The fourth-order valence-corrected chi connectivity index (χ4v) is 3.74. The normalized spacial score (nSPS) is 12.3. The van der Waals surface area contributed by atoms with E-state index in [1.54, 1.807) is 18.4 Å². The largest absolute Gasteiger partial charge is 0.355 e. The van der Waals surface area contributed by atoms with E-state index < -0.39 is 10.8 Å². The number of thiazole rings is 1. The topological polar surface area (TPSA) is 66.4 Å². The smallest absolute Gasteiger partial charge is 0.191 e. The molecular weight excluding hydrogens is 455 g/mol. The third-order valence-electron chi connectivity index (χ3n) is 3.09. The van der Waals surface area contributed by atoms with E-state index in [1.807, 2.05) is 43.5 Å². The number of guanidine groups is 1. The molecule has 2 rings (SSSR count). The van der Waals surface area contributed by atoms with Gasteiger partial charge in [0.2, 0.25) is 0 Å². The summed E-state index contributed by atoms with van der Waals surface area (Å²) >= 11 is 1.67. The molecule has 1 aromatic carbocycles. The molecule has 0 spiro atoms. The Bertz CT molecular complexity index is 661. The minimum absolute atomic E-state index is 0. The first-order valence-electron chi connectivity index (χ1n) is 7.42. The molecule has 5 nitrogen and oxygen atoms in total. The lowest BCUT2D eigenvalue weighted by molar-refractivity contribution is 0.680. The van der Waals surface area contributed by atoms with Gasteiger partial charge in [-0.3, -0.25) is 9.20 Å². The van der Waals surface area contributed by atoms with Gasteiger partial charge in [0.1, 0.15) is 5.01 Å². The number of hydrogen-bond donors (Lipinski definition) is 2. The highest BCUT2D eigenvalue weighted by Crippen LogP contribution is 2.10. The number of nitrogens with one attached hydrogen (secondary N) is 2. The molecule has 0 saturated heterocycles. The van der Waals surface area contributed by atoms with E-state index in [0.717, 1.165) is 10.6 Å². The summed E-state index contributed by atoms with van der Waals surface area (Å²) in [7, 11) is 0.844. The van der Waals surface area contributed by atoms with Crippen LogP contribution in [-0.2, 0) is 23.1 Å². The Morgan fingerprint density at radius 2 is 2.04 bits per heavy atom. The number of benzene rings is 1.